The Bertz CT molecular complexity index is 354. The molecule has 0 heterocycles. The van der Waals surface area contributed by atoms with E-state index in [1.54, 1.807) is 6.07 Å². The molecule has 0 atom stereocenters. The van der Waals surface area contributed by atoms with Gasteiger partial charge in [0, 0.05) is 4.47 Å². The van der Waals surface area contributed by atoms with E-state index in [4.69, 9.17) is 5.73 Å². The molecule has 0 aromatic heterocycles. The number of nitrogens with two attached hydrogens (primary N) is 1. The molecule has 70 valence electrons. The smallest absolute Gasteiger partial charge is 0.177 e. The van der Waals surface area contributed by atoms with Crippen molar-refractivity contribution in [2.24, 2.45) is 0 Å². The molecule has 2 N–H and O–H groups in total. The van der Waals surface area contributed by atoms with Crippen molar-refractivity contribution in [2.45, 2.75) is 0 Å². The minimum atomic E-state index is -0.668. The number of Topliss-reactive ketones (excluding diaryl/α,β-unsaturated/α-hetero) is 1. The molecule has 0 saturated heterocycles. The van der Waals surface area contributed by atoms with Gasteiger partial charge < -0.3 is 5.73 Å². The fourth-order valence-corrected chi connectivity index (χ4v) is 1.70. The van der Waals surface area contributed by atoms with Crippen molar-refractivity contribution in [1.82, 2.24) is 0 Å². The molecule has 0 spiro atoms. The quantitative estimate of drug-likeness (QED) is 0.518. The Hall–Kier alpha value is -0.420. The number of carbonyl (C=O) groups excluding carboxylic acids is 1. The van der Waals surface area contributed by atoms with Crippen LogP contribution in [0.15, 0.2) is 16.6 Å². The van der Waals surface area contributed by atoms with Crippen molar-refractivity contribution in [1.29, 1.82) is 0 Å². The third kappa shape index (κ3) is 2.08. The van der Waals surface area contributed by atoms with Gasteiger partial charge in [0.05, 0.1) is 16.6 Å². The third-order valence-electron chi connectivity index (χ3n) is 1.52. The maximum Gasteiger partial charge on any atom is 0.177 e. The van der Waals surface area contributed by atoms with E-state index in [0.29, 0.717) is 4.47 Å². The fraction of sp³-hybridized carbons (Fsp3) is 0.125. The van der Waals surface area contributed by atoms with E-state index in [1.807, 2.05) is 0 Å². The largest absolute Gasteiger partial charge is 0.396 e. The van der Waals surface area contributed by atoms with Crippen LogP contribution in [0.1, 0.15) is 10.4 Å². The van der Waals surface area contributed by atoms with Crippen molar-refractivity contribution >= 4 is 43.3 Å². The minimum absolute atomic E-state index is 0.00289. The first-order valence-electron chi connectivity index (χ1n) is 3.40. The van der Waals surface area contributed by atoms with E-state index in [9.17, 15) is 9.18 Å². The first-order valence-corrected chi connectivity index (χ1v) is 5.32. The fourth-order valence-electron chi connectivity index (χ4n) is 0.891. The summed E-state index contributed by atoms with van der Waals surface area (Å²) in [5.74, 6) is -1.00. The highest BCUT2D eigenvalue weighted by Gasteiger charge is 2.16. The van der Waals surface area contributed by atoms with Crippen LogP contribution in [0.2, 0.25) is 0 Å². The molecular weight excluding hydrogens is 305 g/mol. The van der Waals surface area contributed by atoms with Crippen molar-refractivity contribution in [2.75, 3.05) is 11.1 Å². The van der Waals surface area contributed by atoms with Crippen LogP contribution in [0, 0.1) is 5.82 Å². The Morgan fingerprint density at radius 2 is 2.15 bits per heavy atom. The molecule has 0 bridgehead atoms. The van der Waals surface area contributed by atoms with E-state index in [2.05, 4.69) is 31.9 Å². The highest BCUT2D eigenvalue weighted by atomic mass is 79.9. The monoisotopic (exact) mass is 309 g/mol. The molecule has 0 aliphatic heterocycles. The molecule has 0 unspecified atom stereocenters. The van der Waals surface area contributed by atoms with Crippen LogP contribution in [0.5, 0.6) is 0 Å². The molecule has 1 aromatic rings. The van der Waals surface area contributed by atoms with Crippen LogP contribution < -0.4 is 5.73 Å². The summed E-state index contributed by atoms with van der Waals surface area (Å²) >= 11 is 6.05. The maximum absolute atomic E-state index is 13.3. The van der Waals surface area contributed by atoms with Crippen molar-refractivity contribution in [3.8, 4) is 0 Å². The van der Waals surface area contributed by atoms with E-state index >= 15 is 0 Å². The van der Waals surface area contributed by atoms with E-state index < -0.39 is 5.82 Å². The number of hydrogen-bond donors (Lipinski definition) is 1. The first-order chi connectivity index (χ1) is 6.07. The molecule has 0 radical (unpaired) electrons. The molecule has 1 rings (SSSR count). The van der Waals surface area contributed by atoms with Crippen LogP contribution in [0.25, 0.3) is 0 Å². The van der Waals surface area contributed by atoms with Gasteiger partial charge >= 0.3 is 0 Å². The molecule has 0 amide bonds. The summed E-state index contributed by atoms with van der Waals surface area (Å²) in [5.41, 5.74) is 5.29. The van der Waals surface area contributed by atoms with Crippen LogP contribution in [0.4, 0.5) is 10.1 Å². The Morgan fingerprint density at radius 1 is 1.54 bits per heavy atom. The number of anilines is 1. The lowest BCUT2D eigenvalue weighted by Gasteiger charge is -2.04. The molecule has 13 heavy (non-hydrogen) atoms. The molecular formula is C8H6Br2FNO. The lowest BCUT2D eigenvalue weighted by molar-refractivity contribution is 0.101. The van der Waals surface area contributed by atoms with Gasteiger partial charge in [-0.15, -0.1) is 0 Å². The molecule has 1 aromatic carbocycles. The SMILES string of the molecule is Nc1ccc(Br)c(C(=O)CBr)c1F. The van der Waals surface area contributed by atoms with Crippen molar-refractivity contribution in [3.05, 3.63) is 28.0 Å². The Morgan fingerprint density at radius 3 is 2.69 bits per heavy atom. The summed E-state index contributed by atoms with van der Waals surface area (Å²) in [6.07, 6.45) is 0. The second-order valence-corrected chi connectivity index (χ2v) is 3.80. The first kappa shape index (κ1) is 10.7. The third-order valence-corrected chi connectivity index (χ3v) is 2.69. The summed E-state index contributed by atoms with van der Waals surface area (Å²) in [6, 6.07) is 2.96. The van der Waals surface area contributed by atoms with Crippen LogP contribution in [-0.2, 0) is 0 Å². The van der Waals surface area contributed by atoms with Gasteiger partial charge in [-0.25, -0.2) is 4.39 Å². The zero-order valence-corrected chi connectivity index (χ0v) is 9.65. The number of benzene rings is 1. The average molecular weight is 311 g/mol. The van der Waals surface area contributed by atoms with Gasteiger partial charge in [-0.05, 0) is 28.1 Å². The highest BCUT2D eigenvalue weighted by Crippen LogP contribution is 2.24. The van der Waals surface area contributed by atoms with Crippen molar-refractivity contribution in [3.63, 3.8) is 0 Å². The summed E-state index contributed by atoms with van der Waals surface area (Å²) in [5, 5.41) is 0.0754. The Labute approximate surface area is 91.6 Å². The highest BCUT2D eigenvalue weighted by molar-refractivity contribution is 9.10. The van der Waals surface area contributed by atoms with Gasteiger partial charge in [0.1, 0.15) is 0 Å². The molecule has 0 saturated carbocycles. The van der Waals surface area contributed by atoms with E-state index in [1.165, 1.54) is 6.07 Å². The lowest BCUT2D eigenvalue weighted by Crippen LogP contribution is -2.07. The number of halogens is 3. The van der Waals surface area contributed by atoms with E-state index in [-0.39, 0.29) is 22.4 Å². The molecule has 2 nitrogen and oxygen atoms in total. The Kier molecular flexibility index (Phi) is 3.44. The molecule has 0 aliphatic carbocycles. The summed E-state index contributed by atoms with van der Waals surface area (Å²) < 4.78 is 13.7. The lowest BCUT2D eigenvalue weighted by atomic mass is 10.1. The standard InChI is InChI=1S/C8H6Br2FNO/c9-3-6(13)7-4(10)1-2-5(12)8(7)11/h1-2H,3,12H2. The normalized spacial score (nSPS) is 10.1. The number of rotatable bonds is 2. The van der Waals surface area contributed by atoms with Gasteiger partial charge in [0.2, 0.25) is 0 Å². The van der Waals surface area contributed by atoms with Crippen LogP contribution in [-0.4, -0.2) is 11.1 Å². The predicted octanol–water partition coefficient (Wildman–Crippen LogP) is 2.75. The average Bonchev–Trinajstić information content (AvgIpc) is 2.12. The topological polar surface area (TPSA) is 43.1 Å². The number of hydrogen-bond acceptors (Lipinski definition) is 2. The van der Waals surface area contributed by atoms with Crippen LogP contribution in [0.3, 0.4) is 0 Å². The van der Waals surface area contributed by atoms with Crippen LogP contribution >= 0.6 is 31.9 Å². The predicted molar refractivity (Wildman–Crippen MR) is 56.6 cm³/mol. The van der Waals surface area contributed by atoms with Gasteiger partial charge in [0.15, 0.2) is 11.6 Å². The minimum Gasteiger partial charge on any atom is -0.396 e. The number of alkyl halides is 1. The Balaban J connectivity index is 3.33. The number of ketones is 1. The second-order valence-electron chi connectivity index (χ2n) is 2.38. The van der Waals surface area contributed by atoms with Gasteiger partial charge in [-0.1, -0.05) is 15.9 Å². The van der Waals surface area contributed by atoms with Gasteiger partial charge in [0.25, 0.3) is 0 Å². The number of nitrogen functional groups attached to an aromatic ring is 1. The summed E-state index contributed by atoms with van der Waals surface area (Å²) in [4.78, 5) is 11.2. The van der Waals surface area contributed by atoms with E-state index in [0.717, 1.165) is 0 Å². The summed E-state index contributed by atoms with van der Waals surface area (Å²) in [6.45, 7) is 0. The second kappa shape index (κ2) is 4.19. The molecule has 0 fully saturated rings. The zero-order chi connectivity index (χ0) is 10.0. The molecule has 0 aliphatic rings. The number of carbonyl (C=O) groups is 1. The van der Waals surface area contributed by atoms with Gasteiger partial charge in [-0.3, -0.25) is 4.79 Å². The summed E-state index contributed by atoms with van der Waals surface area (Å²) in [7, 11) is 0. The molecule has 5 heteroatoms. The maximum atomic E-state index is 13.3. The zero-order valence-electron chi connectivity index (χ0n) is 6.48. The van der Waals surface area contributed by atoms with Gasteiger partial charge in [-0.2, -0.15) is 0 Å². The van der Waals surface area contributed by atoms with Crippen molar-refractivity contribution < 1.29 is 9.18 Å².